The van der Waals surface area contributed by atoms with E-state index >= 15 is 0 Å². The molecule has 7 heteroatoms. The monoisotopic (exact) mass is 345 g/mol. The second-order valence-corrected chi connectivity index (χ2v) is 5.57. The Bertz CT molecular complexity index is 673. The highest BCUT2D eigenvalue weighted by Crippen LogP contribution is 2.29. The van der Waals surface area contributed by atoms with Crippen molar-refractivity contribution in [2.75, 3.05) is 6.54 Å². The Labute approximate surface area is 122 Å². The lowest BCUT2D eigenvalue weighted by molar-refractivity contribution is -0.119. The van der Waals surface area contributed by atoms with E-state index in [1.165, 1.54) is 6.07 Å². The molecule has 0 spiro atoms. The molecule has 1 unspecified atom stereocenters. The maximum atomic E-state index is 13.5. The molecule has 1 amide bonds. The third-order valence-electron chi connectivity index (χ3n) is 3.25. The van der Waals surface area contributed by atoms with Gasteiger partial charge in [-0.1, -0.05) is 0 Å². The van der Waals surface area contributed by atoms with Crippen molar-refractivity contribution < 1.29 is 9.18 Å². The van der Waals surface area contributed by atoms with E-state index in [1.54, 1.807) is 6.07 Å². The highest BCUT2D eigenvalue weighted by Gasteiger charge is 2.27. The third kappa shape index (κ3) is 2.12. The lowest BCUT2D eigenvalue weighted by Gasteiger charge is -2.13. The number of hydrogen-bond donors (Lipinski definition) is 1. The smallest absolute Gasteiger partial charge is 0.222 e. The molecule has 0 aliphatic carbocycles. The summed E-state index contributed by atoms with van der Waals surface area (Å²) in [5.41, 5.74) is 1.33. The number of carbonyl (C=O) groups is 1. The van der Waals surface area contributed by atoms with Crippen molar-refractivity contribution in [2.45, 2.75) is 18.3 Å². The van der Waals surface area contributed by atoms with E-state index in [1.807, 2.05) is 4.57 Å². The predicted octanol–water partition coefficient (Wildman–Crippen LogP) is 2.74. The Kier molecular flexibility index (Phi) is 3.22. The first-order valence-corrected chi connectivity index (χ1v) is 7.11. The zero-order chi connectivity index (χ0) is 13.6. The lowest BCUT2D eigenvalue weighted by atomic mass is 10.2. The van der Waals surface area contributed by atoms with E-state index in [-0.39, 0.29) is 23.6 Å². The highest BCUT2D eigenvalue weighted by atomic mass is 79.9. The maximum Gasteiger partial charge on any atom is 0.222 e. The van der Waals surface area contributed by atoms with Gasteiger partial charge in [-0.15, -0.1) is 11.6 Å². The minimum atomic E-state index is -0.362. The molecule has 3 rings (SSSR count). The number of imidazole rings is 1. The van der Waals surface area contributed by atoms with Crippen molar-refractivity contribution in [3.63, 3.8) is 0 Å². The minimum absolute atomic E-state index is 0.00792. The molecule has 4 nitrogen and oxygen atoms in total. The van der Waals surface area contributed by atoms with Gasteiger partial charge in [0.05, 0.1) is 27.4 Å². The summed E-state index contributed by atoms with van der Waals surface area (Å²) >= 11 is 9.07. The molecule has 0 radical (unpaired) electrons. The number of carbonyl (C=O) groups excluding carboxylic acids is 1. The van der Waals surface area contributed by atoms with Gasteiger partial charge in [0.2, 0.25) is 5.91 Å². The molecule has 1 aliphatic rings. The van der Waals surface area contributed by atoms with Crippen LogP contribution in [0.5, 0.6) is 0 Å². The Morgan fingerprint density at radius 3 is 3.00 bits per heavy atom. The number of nitrogens with one attached hydrogen (secondary N) is 1. The van der Waals surface area contributed by atoms with Gasteiger partial charge in [-0.05, 0) is 22.0 Å². The minimum Gasteiger partial charge on any atom is -0.354 e. The van der Waals surface area contributed by atoms with Gasteiger partial charge in [-0.2, -0.15) is 0 Å². The molecule has 1 atom stereocenters. The van der Waals surface area contributed by atoms with Gasteiger partial charge in [-0.25, -0.2) is 9.37 Å². The number of halogens is 3. The fourth-order valence-electron chi connectivity index (χ4n) is 2.41. The van der Waals surface area contributed by atoms with Crippen LogP contribution in [0.2, 0.25) is 0 Å². The largest absolute Gasteiger partial charge is 0.354 e. The molecule has 1 aliphatic heterocycles. The molecule has 19 heavy (non-hydrogen) atoms. The first kappa shape index (κ1) is 12.9. The Balaban J connectivity index is 2.20. The Morgan fingerprint density at radius 2 is 2.37 bits per heavy atom. The van der Waals surface area contributed by atoms with Crippen LogP contribution in [0, 0.1) is 5.82 Å². The van der Waals surface area contributed by atoms with Gasteiger partial charge in [-0.3, -0.25) is 4.79 Å². The standard InChI is InChI=1S/C12H10BrClFN3O/c13-7-2-10-9(3-8(7)15)17-11(4-14)18(10)6-1-12(19)16-5-6/h2-3,6H,1,4-5H2,(H,16,19). The summed E-state index contributed by atoms with van der Waals surface area (Å²) in [7, 11) is 0. The summed E-state index contributed by atoms with van der Waals surface area (Å²) in [6.45, 7) is 0.545. The summed E-state index contributed by atoms with van der Waals surface area (Å²) in [4.78, 5) is 15.7. The first-order chi connectivity index (χ1) is 9.10. The van der Waals surface area contributed by atoms with E-state index in [0.717, 1.165) is 5.52 Å². The van der Waals surface area contributed by atoms with Crippen molar-refractivity contribution in [3.05, 3.63) is 28.2 Å². The molecule has 2 heterocycles. The van der Waals surface area contributed by atoms with Crippen molar-refractivity contribution in [3.8, 4) is 0 Å². The zero-order valence-electron chi connectivity index (χ0n) is 9.79. The van der Waals surface area contributed by atoms with Crippen LogP contribution in [0.25, 0.3) is 11.0 Å². The van der Waals surface area contributed by atoms with E-state index in [0.29, 0.717) is 28.8 Å². The second-order valence-electron chi connectivity index (χ2n) is 4.45. The van der Waals surface area contributed by atoms with Crippen molar-refractivity contribution >= 4 is 44.5 Å². The number of fused-ring (bicyclic) bond motifs is 1. The molecule has 100 valence electrons. The van der Waals surface area contributed by atoms with Crippen LogP contribution in [0.1, 0.15) is 18.3 Å². The van der Waals surface area contributed by atoms with Crippen molar-refractivity contribution in [2.24, 2.45) is 0 Å². The normalized spacial score (nSPS) is 19.1. The summed E-state index contributed by atoms with van der Waals surface area (Å²) in [5, 5.41) is 2.78. The third-order valence-corrected chi connectivity index (χ3v) is 4.09. The van der Waals surface area contributed by atoms with Gasteiger partial charge in [0.25, 0.3) is 0 Å². The van der Waals surface area contributed by atoms with Gasteiger partial charge < -0.3 is 9.88 Å². The Morgan fingerprint density at radius 1 is 1.58 bits per heavy atom. The van der Waals surface area contributed by atoms with Crippen molar-refractivity contribution in [1.82, 2.24) is 14.9 Å². The fourth-order valence-corrected chi connectivity index (χ4v) is 2.93. The number of nitrogens with zero attached hydrogens (tertiary/aromatic N) is 2. The van der Waals surface area contributed by atoms with Gasteiger partial charge >= 0.3 is 0 Å². The predicted molar refractivity (Wildman–Crippen MR) is 73.6 cm³/mol. The molecule has 1 N–H and O–H groups in total. The summed E-state index contributed by atoms with van der Waals surface area (Å²) in [5.74, 6) is 0.515. The lowest BCUT2D eigenvalue weighted by Crippen LogP contribution is -2.16. The number of benzene rings is 1. The molecular formula is C12H10BrClFN3O. The number of amides is 1. The summed E-state index contributed by atoms with van der Waals surface area (Å²) < 4.78 is 15.8. The molecule has 0 saturated carbocycles. The Hall–Kier alpha value is -1.14. The average Bonchev–Trinajstić information content (AvgIpc) is 2.93. The zero-order valence-corrected chi connectivity index (χ0v) is 12.1. The molecule has 2 aromatic rings. The van der Waals surface area contributed by atoms with Crippen LogP contribution >= 0.6 is 27.5 Å². The number of alkyl halides is 1. The maximum absolute atomic E-state index is 13.5. The molecule has 0 bridgehead atoms. The SMILES string of the molecule is O=C1CC(n2c(CCl)nc3cc(F)c(Br)cc32)CN1. The highest BCUT2D eigenvalue weighted by molar-refractivity contribution is 9.10. The van der Waals surface area contributed by atoms with E-state index in [4.69, 9.17) is 11.6 Å². The fraction of sp³-hybridized carbons (Fsp3) is 0.333. The molecule has 1 fully saturated rings. The van der Waals surface area contributed by atoms with Crippen LogP contribution in [-0.2, 0) is 10.7 Å². The molecule has 1 aromatic heterocycles. The number of rotatable bonds is 2. The van der Waals surface area contributed by atoms with Crippen LogP contribution in [0.3, 0.4) is 0 Å². The first-order valence-electron chi connectivity index (χ1n) is 5.78. The van der Waals surface area contributed by atoms with E-state index < -0.39 is 0 Å². The average molecular weight is 347 g/mol. The van der Waals surface area contributed by atoms with E-state index in [9.17, 15) is 9.18 Å². The quantitative estimate of drug-likeness (QED) is 0.850. The summed E-state index contributed by atoms with van der Waals surface area (Å²) in [6, 6.07) is 3.02. The van der Waals surface area contributed by atoms with Gasteiger partial charge in [0.1, 0.15) is 11.6 Å². The van der Waals surface area contributed by atoms with E-state index in [2.05, 4.69) is 26.2 Å². The number of aromatic nitrogens is 2. The number of hydrogen-bond acceptors (Lipinski definition) is 2. The van der Waals surface area contributed by atoms with Gasteiger partial charge in [0.15, 0.2) is 0 Å². The molecular weight excluding hydrogens is 337 g/mol. The van der Waals surface area contributed by atoms with Crippen LogP contribution in [-0.4, -0.2) is 22.0 Å². The molecule has 1 aromatic carbocycles. The molecule has 1 saturated heterocycles. The van der Waals surface area contributed by atoms with Crippen LogP contribution in [0.4, 0.5) is 4.39 Å². The van der Waals surface area contributed by atoms with Crippen molar-refractivity contribution in [1.29, 1.82) is 0 Å². The van der Waals surface area contributed by atoms with Gasteiger partial charge in [0, 0.05) is 19.0 Å². The summed E-state index contributed by atoms with van der Waals surface area (Å²) in [6.07, 6.45) is 0.393. The van der Waals surface area contributed by atoms with Crippen LogP contribution < -0.4 is 5.32 Å². The topological polar surface area (TPSA) is 46.9 Å². The van der Waals surface area contributed by atoms with Crippen LogP contribution in [0.15, 0.2) is 16.6 Å². The second kappa shape index (κ2) is 4.76.